The Bertz CT molecular complexity index is 865. The SMILES string of the molecule is CC(C)N(Cc1nc(C(=O)N2CCCC2)cs1)C(=O)Nc1ccc(Cl)c(Cl)c1. The number of benzene rings is 1. The van der Waals surface area contributed by atoms with Gasteiger partial charge in [-0.05, 0) is 44.9 Å². The van der Waals surface area contributed by atoms with E-state index in [1.165, 1.54) is 11.3 Å². The number of amides is 3. The number of anilines is 1. The molecule has 0 radical (unpaired) electrons. The molecular formula is C19H22Cl2N4O2S. The molecule has 9 heteroatoms. The topological polar surface area (TPSA) is 65.5 Å². The Hall–Kier alpha value is -1.83. The zero-order chi connectivity index (χ0) is 20.3. The molecule has 1 fully saturated rings. The summed E-state index contributed by atoms with van der Waals surface area (Å²) in [4.78, 5) is 33.2. The second-order valence-corrected chi connectivity index (χ2v) is 8.66. The molecule has 1 aliphatic heterocycles. The first-order valence-corrected chi connectivity index (χ1v) is 10.7. The van der Waals surface area contributed by atoms with Crippen molar-refractivity contribution in [2.75, 3.05) is 18.4 Å². The summed E-state index contributed by atoms with van der Waals surface area (Å²) in [5.41, 5.74) is 1.02. The Kier molecular flexibility index (Phi) is 6.80. The van der Waals surface area contributed by atoms with E-state index in [0.717, 1.165) is 30.9 Å². The maximum Gasteiger partial charge on any atom is 0.322 e. The molecule has 150 valence electrons. The first-order chi connectivity index (χ1) is 13.3. The fraction of sp³-hybridized carbons (Fsp3) is 0.421. The minimum absolute atomic E-state index is 0.0312. The molecule has 3 amide bonds. The van der Waals surface area contributed by atoms with Crippen LogP contribution < -0.4 is 5.32 Å². The van der Waals surface area contributed by atoms with Crippen LogP contribution in [0.3, 0.4) is 0 Å². The molecule has 3 rings (SSSR count). The Morgan fingerprint density at radius 2 is 1.96 bits per heavy atom. The van der Waals surface area contributed by atoms with E-state index in [4.69, 9.17) is 23.2 Å². The van der Waals surface area contributed by atoms with Gasteiger partial charge in [-0.15, -0.1) is 11.3 Å². The number of carbonyl (C=O) groups excluding carboxylic acids is 2. The summed E-state index contributed by atoms with van der Waals surface area (Å²) in [6, 6.07) is 4.62. The lowest BCUT2D eigenvalue weighted by Crippen LogP contribution is -2.39. The zero-order valence-corrected chi connectivity index (χ0v) is 18.1. The van der Waals surface area contributed by atoms with Crippen LogP contribution in [0.25, 0.3) is 0 Å². The normalized spacial score (nSPS) is 13.8. The molecule has 6 nitrogen and oxygen atoms in total. The van der Waals surface area contributed by atoms with E-state index >= 15 is 0 Å². The van der Waals surface area contributed by atoms with Crippen LogP contribution in [-0.2, 0) is 6.54 Å². The van der Waals surface area contributed by atoms with Crippen LogP contribution in [-0.4, -0.2) is 45.9 Å². The fourth-order valence-electron chi connectivity index (χ4n) is 2.97. The molecule has 0 saturated carbocycles. The highest BCUT2D eigenvalue weighted by molar-refractivity contribution is 7.09. The van der Waals surface area contributed by atoms with Crippen molar-refractivity contribution < 1.29 is 9.59 Å². The molecule has 2 aromatic rings. The summed E-state index contributed by atoms with van der Waals surface area (Å²) in [6.45, 7) is 5.76. The molecule has 1 aromatic heterocycles. The largest absolute Gasteiger partial charge is 0.337 e. The summed E-state index contributed by atoms with van der Waals surface area (Å²) in [6.07, 6.45) is 2.08. The van der Waals surface area contributed by atoms with Crippen molar-refractivity contribution in [2.24, 2.45) is 0 Å². The van der Waals surface area contributed by atoms with Crippen molar-refractivity contribution in [3.8, 4) is 0 Å². The van der Waals surface area contributed by atoms with Crippen LogP contribution in [0.1, 0.15) is 42.2 Å². The predicted octanol–water partition coefficient (Wildman–Crippen LogP) is 5.13. The maximum absolute atomic E-state index is 12.7. The number of halogens is 2. The summed E-state index contributed by atoms with van der Waals surface area (Å²) in [5.74, 6) is -0.0312. The molecule has 1 aromatic carbocycles. The number of nitrogens with zero attached hydrogens (tertiary/aromatic N) is 3. The second-order valence-electron chi connectivity index (χ2n) is 6.91. The lowest BCUT2D eigenvalue weighted by molar-refractivity contribution is 0.0787. The van der Waals surface area contributed by atoms with Crippen LogP contribution in [0.15, 0.2) is 23.6 Å². The van der Waals surface area contributed by atoms with E-state index in [1.807, 2.05) is 18.7 Å². The van der Waals surface area contributed by atoms with Crippen LogP contribution >= 0.6 is 34.5 Å². The van der Waals surface area contributed by atoms with Gasteiger partial charge < -0.3 is 15.1 Å². The van der Waals surface area contributed by atoms with Gasteiger partial charge in [-0.1, -0.05) is 23.2 Å². The third-order valence-corrected chi connectivity index (χ3v) is 6.10. The van der Waals surface area contributed by atoms with E-state index in [9.17, 15) is 9.59 Å². The fourth-order valence-corrected chi connectivity index (χ4v) is 4.03. The van der Waals surface area contributed by atoms with E-state index in [-0.39, 0.29) is 18.0 Å². The number of aromatic nitrogens is 1. The Morgan fingerprint density at radius 1 is 1.25 bits per heavy atom. The van der Waals surface area contributed by atoms with Gasteiger partial charge >= 0.3 is 6.03 Å². The molecule has 1 aliphatic rings. The van der Waals surface area contributed by atoms with Gasteiger partial charge in [0.2, 0.25) is 0 Å². The van der Waals surface area contributed by atoms with Crippen molar-refractivity contribution in [1.82, 2.24) is 14.8 Å². The lowest BCUT2D eigenvalue weighted by atomic mass is 10.3. The minimum Gasteiger partial charge on any atom is -0.337 e. The van der Waals surface area contributed by atoms with Crippen molar-refractivity contribution in [2.45, 2.75) is 39.3 Å². The number of hydrogen-bond donors (Lipinski definition) is 1. The zero-order valence-electron chi connectivity index (χ0n) is 15.7. The van der Waals surface area contributed by atoms with Gasteiger partial charge in [-0.2, -0.15) is 0 Å². The third kappa shape index (κ3) is 4.96. The standard InChI is InChI=1S/C19H22Cl2N4O2S/c1-12(2)25(19(27)22-13-5-6-14(20)15(21)9-13)10-17-23-16(11-28-17)18(26)24-7-3-4-8-24/h5-6,9,11-12H,3-4,7-8,10H2,1-2H3,(H,22,27). The van der Waals surface area contributed by atoms with Crippen molar-refractivity contribution in [1.29, 1.82) is 0 Å². The maximum atomic E-state index is 12.7. The molecular weight excluding hydrogens is 419 g/mol. The molecule has 2 heterocycles. The monoisotopic (exact) mass is 440 g/mol. The first kappa shape index (κ1) is 20.9. The molecule has 0 bridgehead atoms. The van der Waals surface area contributed by atoms with Crippen LogP contribution in [0.5, 0.6) is 0 Å². The molecule has 0 unspecified atom stereocenters. The van der Waals surface area contributed by atoms with Crippen LogP contribution in [0, 0.1) is 0 Å². The number of likely N-dealkylation sites (tertiary alicyclic amines) is 1. The third-order valence-electron chi connectivity index (χ3n) is 4.52. The molecule has 1 N–H and O–H groups in total. The van der Waals surface area contributed by atoms with Gasteiger partial charge in [0.1, 0.15) is 10.7 Å². The Balaban J connectivity index is 1.68. The molecule has 0 aliphatic carbocycles. The van der Waals surface area contributed by atoms with Gasteiger partial charge in [0, 0.05) is 30.2 Å². The number of nitrogens with one attached hydrogen (secondary N) is 1. The molecule has 1 saturated heterocycles. The lowest BCUT2D eigenvalue weighted by Gasteiger charge is -2.26. The quantitative estimate of drug-likeness (QED) is 0.700. The molecule has 0 spiro atoms. The predicted molar refractivity (Wildman–Crippen MR) is 113 cm³/mol. The Labute approximate surface area is 178 Å². The van der Waals surface area contributed by atoms with Gasteiger partial charge in [-0.3, -0.25) is 4.79 Å². The van der Waals surface area contributed by atoms with Crippen LogP contribution in [0.4, 0.5) is 10.5 Å². The number of rotatable bonds is 5. The van der Waals surface area contributed by atoms with Crippen molar-refractivity contribution in [3.05, 3.63) is 44.3 Å². The van der Waals surface area contributed by atoms with E-state index in [0.29, 0.717) is 28.0 Å². The first-order valence-electron chi connectivity index (χ1n) is 9.11. The van der Waals surface area contributed by atoms with Crippen LogP contribution in [0.2, 0.25) is 10.0 Å². The smallest absolute Gasteiger partial charge is 0.322 e. The summed E-state index contributed by atoms with van der Waals surface area (Å²) in [5, 5.41) is 6.13. The van der Waals surface area contributed by atoms with Gasteiger partial charge in [-0.25, -0.2) is 9.78 Å². The minimum atomic E-state index is -0.268. The summed E-state index contributed by atoms with van der Waals surface area (Å²) >= 11 is 13.3. The van der Waals surface area contributed by atoms with Gasteiger partial charge in [0.15, 0.2) is 0 Å². The average molecular weight is 441 g/mol. The number of urea groups is 1. The van der Waals surface area contributed by atoms with Crippen molar-refractivity contribution >= 4 is 52.2 Å². The van der Waals surface area contributed by atoms with Crippen molar-refractivity contribution in [3.63, 3.8) is 0 Å². The number of thiazole rings is 1. The number of carbonyl (C=O) groups is 2. The second kappa shape index (κ2) is 9.11. The molecule has 0 atom stereocenters. The van der Waals surface area contributed by atoms with E-state index in [1.54, 1.807) is 28.5 Å². The van der Waals surface area contributed by atoms with Gasteiger partial charge in [0.05, 0.1) is 16.6 Å². The highest BCUT2D eigenvalue weighted by Crippen LogP contribution is 2.25. The Morgan fingerprint density at radius 3 is 2.61 bits per heavy atom. The summed E-state index contributed by atoms with van der Waals surface area (Å²) < 4.78 is 0. The molecule has 28 heavy (non-hydrogen) atoms. The van der Waals surface area contributed by atoms with E-state index < -0.39 is 0 Å². The van der Waals surface area contributed by atoms with Gasteiger partial charge in [0.25, 0.3) is 5.91 Å². The average Bonchev–Trinajstić information content (AvgIpc) is 3.33. The highest BCUT2D eigenvalue weighted by Gasteiger charge is 2.24. The van der Waals surface area contributed by atoms with E-state index in [2.05, 4.69) is 10.3 Å². The summed E-state index contributed by atoms with van der Waals surface area (Å²) in [7, 11) is 0. The number of hydrogen-bond acceptors (Lipinski definition) is 4. The highest BCUT2D eigenvalue weighted by atomic mass is 35.5.